The van der Waals surface area contributed by atoms with Crippen LogP contribution in [-0.4, -0.2) is 6.54 Å². The highest BCUT2D eigenvalue weighted by Crippen LogP contribution is 2.37. The van der Waals surface area contributed by atoms with E-state index in [0.29, 0.717) is 18.6 Å². The lowest BCUT2D eigenvalue weighted by Gasteiger charge is -2.18. The molecule has 2 aromatic carbocycles. The Kier molecular flexibility index (Phi) is 4.26. The van der Waals surface area contributed by atoms with Crippen LogP contribution in [0.4, 0.5) is 0 Å². The van der Waals surface area contributed by atoms with Crippen molar-refractivity contribution in [1.82, 2.24) is 5.32 Å². The molecule has 0 fully saturated rings. The van der Waals surface area contributed by atoms with Gasteiger partial charge in [0.2, 0.25) is 0 Å². The summed E-state index contributed by atoms with van der Waals surface area (Å²) in [6.45, 7) is 6.11. The van der Waals surface area contributed by atoms with Crippen LogP contribution in [0.25, 0.3) is 0 Å². The molecule has 1 aliphatic carbocycles. The van der Waals surface area contributed by atoms with E-state index in [1.54, 1.807) is 0 Å². The van der Waals surface area contributed by atoms with Crippen LogP contribution in [0.15, 0.2) is 48.5 Å². The van der Waals surface area contributed by atoms with Crippen LogP contribution in [0.3, 0.4) is 0 Å². The van der Waals surface area contributed by atoms with Gasteiger partial charge in [0.25, 0.3) is 0 Å². The molecule has 1 aliphatic rings. The molecule has 110 valence electrons. The Morgan fingerprint density at radius 3 is 2.71 bits per heavy atom. The summed E-state index contributed by atoms with van der Waals surface area (Å²) in [5, 5.41) is 3.60. The molecular weight excluding hydrogens is 258 g/mol. The minimum absolute atomic E-state index is 0.463. The molecule has 1 N–H and O–H groups in total. The van der Waals surface area contributed by atoms with E-state index in [-0.39, 0.29) is 0 Å². The van der Waals surface area contributed by atoms with Gasteiger partial charge in [-0.25, -0.2) is 0 Å². The summed E-state index contributed by atoms with van der Waals surface area (Å²) >= 11 is 0. The largest absolute Gasteiger partial charge is 0.489 e. The maximum atomic E-state index is 5.95. The molecule has 2 aromatic rings. The second-order valence-electron chi connectivity index (χ2n) is 5.85. The smallest absolute Gasteiger partial charge is 0.120 e. The molecule has 0 heterocycles. The average molecular weight is 281 g/mol. The van der Waals surface area contributed by atoms with Crippen molar-refractivity contribution in [2.24, 2.45) is 5.92 Å². The fraction of sp³-hybridized carbons (Fsp3) is 0.368. The van der Waals surface area contributed by atoms with Gasteiger partial charge in [0.05, 0.1) is 0 Å². The summed E-state index contributed by atoms with van der Waals surface area (Å²) in [5.74, 6) is 1.62. The van der Waals surface area contributed by atoms with Gasteiger partial charge in [0, 0.05) is 6.04 Å². The fourth-order valence-corrected chi connectivity index (χ4v) is 3.18. The van der Waals surface area contributed by atoms with Crippen molar-refractivity contribution in [2.45, 2.75) is 32.9 Å². The maximum Gasteiger partial charge on any atom is 0.120 e. The van der Waals surface area contributed by atoms with Crippen molar-refractivity contribution in [3.63, 3.8) is 0 Å². The second-order valence-corrected chi connectivity index (χ2v) is 5.85. The minimum Gasteiger partial charge on any atom is -0.489 e. The van der Waals surface area contributed by atoms with Gasteiger partial charge in [0.1, 0.15) is 12.4 Å². The van der Waals surface area contributed by atoms with E-state index in [4.69, 9.17) is 4.74 Å². The Balaban J connectivity index is 1.74. The van der Waals surface area contributed by atoms with Crippen LogP contribution in [0, 0.1) is 5.92 Å². The van der Waals surface area contributed by atoms with Gasteiger partial charge >= 0.3 is 0 Å². The van der Waals surface area contributed by atoms with Crippen LogP contribution in [0.1, 0.15) is 36.6 Å². The highest BCUT2D eigenvalue weighted by molar-refractivity contribution is 5.41. The predicted octanol–water partition coefficient (Wildman–Crippen LogP) is 4.11. The van der Waals surface area contributed by atoms with E-state index in [2.05, 4.69) is 49.5 Å². The number of fused-ring (bicyclic) bond motifs is 1. The SMILES string of the molecule is CCNC1c2cc(OCc3ccccc3)ccc2CC1C. The molecule has 0 saturated heterocycles. The Hall–Kier alpha value is -1.80. The summed E-state index contributed by atoms with van der Waals surface area (Å²) in [6.07, 6.45) is 1.16. The van der Waals surface area contributed by atoms with E-state index in [1.807, 2.05) is 18.2 Å². The molecule has 2 nitrogen and oxygen atoms in total. The van der Waals surface area contributed by atoms with Gasteiger partial charge in [-0.15, -0.1) is 0 Å². The Morgan fingerprint density at radius 1 is 1.14 bits per heavy atom. The Labute approximate surface area is 127 Å². The van der Waals surface area contributed by atoms with Crippen molar-refractivity contribution in [1.29, 1.82) is 0 Å². The normalized spacial score (nSPS) is 20.3. The molecule has 0 amide bonds. The maximum absolute atomic E-state index is 5.95. The molecule has 2 heteroatoms. The topological polar surface area (TPSA) is 21.3 Å². The summed E-state index contributed by atoms with van der Waals surface area (Å²) < 4.78 is 5.95. The lowest BCUT2D eigenvalue weighted by atomic mass is 10.0. The number of rotatable bonds is 5. The van der Waals surface area contributed by atoms with Crippen molar-refractivity contribution < 1.29 is 4.74 Å². The molecule has 21 heavy (non-hydrogen) atoms. The first-order chi connectivity index (χ1) is 10.3. The number of nitrogens with one attached hydrogen (secondary N) is 1. The summed E-state index contributed by atoms with van der Waals surface area (Å²) in [5.41, 5.74) is 4.07. The van der Waals surface area contributed by atoms with Gasteiger partial charge in [-0.1, -0.05) is 50.2 Å². The molecule has 0 radical (unpaired) electrons. The van der Waals surface area contributed by atoms with Crippen LogP contribution >= 0.6 is 0 Å². The number of hydrogen-bond acceptors (Lipinski definition) is 2. The highest BCUT2D eigenvalue weighted by atomic mass is 16.5. The third-order valence-electron chi connectivity index (χ3n) is 4.24. The summed E-state index contributed by atoms with van der Waals surface area (Å²) in [6, 6.07) is 17.3. The molecule has 0 aromatic heterocycles. The van der Waals surface area contributed by atoms with E-state index < -0.39 is 0 Å². The van der Waals surface area contributed by atoms with Crippen LogP contribution < -0.4 is 10.1 Å². The zero-order valence-corrected chi connectivity index (χ0v) is 12.8. The molecule has 0 aliphatic heterocycles. The van der Waals surface area contributed by atoms with Crippen molar-refractivity contribution in [3.05, 3.63) is 65.2 Å². The molecule has 3 rings (SSSR count). The third kappa shape index (κ3) is 3.11. The molecule has 0 spiro atoms. The number of hydrogen-bond donors (Lipinski definition) is 1. The second kappa shape index (κ2) is 6.31. The van der Waals surface area contributed by atoms with Crippen LogP contribution in [-0.2, 0) is 13.0 Å². The Morgan fingerprint density at radius 2 is 1.95 bits per heavy atom. The first-order valence-corrected chi connectivity index (χ1v) is 7.81. The molecule has 0 bridgehead atoms. The molecule has 0 saturated carbocycles. The molecule has 2 unspecified atom stereocenters. The van der Waals surface area contributed by atoms with Gasteiger partial charge < -0.3 is 10.1 Å². The zero-order chi connectivity index (χ0) is 14.7. The van der Waals surface area contributed by atoms with Gasteiger partial charge in [-0.2, -0.15) is 0 Å². The standard InChI is InChI=1S/C19H23NO/c1-3-20-19-14(2)11-16-9-10-17(12-18(16)19)21-13-15-7-5-4-6-8-15/h4-10,12,14,19-20H,3,11,13H2,1-2H3. The monoisotopic (exact) mass is 281 g/mol. The van der Waals surface area contributed by atoms with E-state index >= 15 is 0 Å². The van der Waals surface area contributed by atoms with Gasteiger partial charge in [0.15, 0.2) is 0 Å². The first-order valence-electron chi connectivity index (χ1n) is 7.81. The zero-order valence-electron chi connectivity index (χ0n) is 12.8. The lowest BCUT2D eigenvalue weighted by molar-refractivity contribution is 0.305. The number of ether oxygens (including phenoxy) is 1. The lowest BCUT2D eigenvalue weighted by Crippen LogP contribution is -2.23. The van der Waals surface area contributed by atoms with E-state index in [0.717, 1.165) is 18.7 Å². The van der Waals surface area contributed by atoms with Gasteiger partial charge in [-0.05, 0) is 47.7 Å². The molecular formula is C19H23NO. The van der Waals surface area contributed by atoms with E-state index in [9.17, 15) is 0 Å². The van der Waals surface area contributed by atoms with Crippen molar-refractivity contribution >= 4 is 0 Å². The fourth-order valence-electron chi connectivity index (χ4n) is 3.18. The van der Waals surface area contributed by atoms with Crippen molar-refractivity contribution in [2.75, 3.05) is 6.54 Å². The van der Waals surface area contributed by atoms with Crippen LogP contribution in [0.5, 0.6) is 5.75 Å². The highest BCUT2D eigenvalue weighted by Gasteiger charge is 2.28. The quantitative estimate of drug-likeness (QED) is 0.890. The minimum atomic E-state index is 0.463. The van der Waals surface area contributed by atoms with Gasteiger partial charge in [-0.3, -0.25) is 0 Å². The summed E-state index contributed by atoms with van der Waals surface area (Å²) in [7, 11) is 0. The summed E-state index contributed by atoms with van der Waals surface area (Å²) in [4.78, 5) is 0. The predicted molar refractivity (Wildman–Crippen MR) is 86.5 cm³/mol. The number of benzene rings is 2. The molecule has 2 atom stereocenters. The Bertz CT molecular complexity index is 594. The third-order valence-corrected chi connectivity index (χ3v) is 4.24. The van der Waals surface area contributed by atoms with E-state index in [1.165, 1.54) is 16.7 Å². The first kappa shape index (κ1) is 14.2. The van der Waals surface area contributed by atoms with Crippen molar-refractivity contribution in [3.8, 4) is 5.75 Å². The average Bonchev–Trinajstić information content (AvgIpc) is 2.82. The van der Waals surface area contributed by atoms with Crippen LogP contribution in [0.2, 0.25) is 0 Å².